The van der Waals surface area contributed by atoms with Gasteiger partial charge in [0.05, 0.1) is 23.7 Å². The average molecular weight is 506 g/mol. The number of carbonyl (C=O) groups is 1. The highest BCUT2D eigenvalue weighted by Gasteiger charge is 2.19. The zero-order valence-electron chi connectivity index (χ0n) is 18.9. The normalized spacial score (nSPS) is 12.0. The predicted octanol–water partition coefficient (Wildman–Crippen LogP) is 6.32. The van der Waals surface area contributed by atoms with Crippen LogP contribution in [0.1, 0.15) is 48.1 Å². The third-order valence-electron chi connectivity index (χ3n) is 5.65. The number of hydrogen-bond donors (Lipinski definition) is 1. The molecule has 3 aromatic carbocycles. The average Bonchev–Trinajstić information content (AvgIpc) is 3.21. The van der Waals surface area contributed by atoms with Crippen molar-refractivity contribution in [3.8, 4) is 5.75 Å². The van der Waals surface area contributed by atoms with Gasteiger partial charge in [0.15, 0.2) is 0 Å². The molecular weight excluding hydrogens is 478 g/mol. The van der Waals surface area contributed by atoms with E-state index in [0.29, 0.717) is 12.2 Å². The molecule has 0 aliphatic carbocycles. The zero-order chi connectivity index (χ0) is 23.2. The number of para-hydroxylation sites is 2. The molecule has 4 aromatic rings. The van der Waals surface area contributed by atoms with Gasteiger partial charge in [0.1, 0.15) is 11.6 Å². The lowest BCUT2D eigenvalue weighted by atomic mass is 10.2. The molecule has 1 unspecified atom stereocenters. The van der Waals surface area contributed by atoms with Gasteiger partial charge >= 0.3 is 0 Å². The van der Waals surface area contributed by atoms with Gasteiger partial charge in [-0.1, -0.05) is 47.1 Å². The molecule has 1 amide bonds. The Bertz CT molecular complexity index is 1220. The number of fused-ring (bicyclic) bond motifs is 1. The van der Waals surface area contributed by atoms with Gasteiger partial charge in [-0.05, 0) is 73.9 Å². The number of imidazole rings is 1. The van der Waals surface area contributed by atoms with E-state index in [2.05, 4.69) is 50.9 Å². The van der Waals surface area contributed by atoms with Crippen LogP contribution < -0.4 is 10.1 Å². The summed E-state index contributed by atoms with van der Waals surface area (Å²) in [5, 5.41) is 3.09. The van der Waals surface area contributed by atoms with Gasteiger partial charge in [-0.3, -0.25) is 4.79 Å². The number of nitrogens with one attached hydrogen (secondary N) is 1. The Balaban J connectivity index is 1.45. The maximum atomic E-state index is 12.7. The first-order valence-corrected chi connectivity index (χ1v) is 12.1. The van der Waals surface area contributed by atoms with Gasteiger partial charge in [-0.25, -0.2) is 4.98 Å². The van der Waals surface area contributed by atoms with Crippen molar-refractivity contribution < 1.29 is 9.53 Å². The Morgan fingerprint density at radius 3 is 2.52 bits per heavy atom. The van der Waals surface area contributed by atoms with Crippen LogP contribution in [0, 0.1) is 0 Å². The van der Waals surface area contributed by atoms with E-state index in [9.17, 15) is 4.79 Å². The van der Waals surface area contributed by atoms with E-state index in [1.165, 1.54) is 5.56 Å². The summed E-state index contributed by atoms with van der Waals surface area (Å²) in [5.41, 5.74) is 3.91. The highest BCUT2D eigenvalue weighted by Crippen LogP contribution is 2.22. The maximum absolute atomic E-state index is 12.7. The fraction of sp³-hybridized carbons (Fsp3) is 0.259. The molecule has 6 heteroatoms. The summed E-state index contributed by atoms with van der Waals surface area (Å²) in [5.74, 6) is 1.61. The number of nitrogens with zero attached hydrogens (tertiary/aromatic N) is 2. The summed E-state index contributed by atoms with van der Waals surface area (Å²) in [6.45, 7) is 5.48. The van der Waals surface area contributed by atoms with Gasteiger partial charge in [0.2, 0.25) is 0 Å². The Kier molecular flexibility index (Phi) is 7.45. The SMILES string of the molecule is CCc1ccc(OCCCn2c(C(C)NC(=O)c3ccc(Br)cc3)nc3ccccc32)cc1. The van der Waals surface area contributed by atoms with Crippen LogP contribution >= 0.6 is 15.9 Å². The number of aromatic nitrogens is 2. The molecule has 1 heterocycles. The minimum absolute atomic E-state index is 0.118. The third kappa shape index (κ3) is 5.63. The van der Waals surface area contributed by atoms with Crippen molar-refractivity contribution in [2.24, 2.45) is 0 Å². The van der Waals surface area contributed by atoms with Crippen molar-refractivity contribution >= 4 is 32.9 Å². The molecule has 0 fully saturated rings. The number of hydrogen-bond acceptors (Lipinski definition) is 3. The first-order valence-electron chi connectivity index (χ1n) is 11.3. The van der Waals surface area contributed by atoms with Crippen molar-refractivity contribution in [1.82, 2.24) is 14.9 Å². The summed E-state index contributed by atoms with van der Waals surface area (Å²) in [4.78, 5) is 17.6. The minimum Gasteiger partial charge on any atom is -0.494 e. The molecule has 0 saturated carbocycles. The Morgan fingerprint density at radius 1 is 1.06 bits per heavy atom. The van der Waals surface area contributed by atoms with Gasteiger partial charge < -0.3 is 14.6 Å². The van der Waals surface area contributed by atoms with E-state index < -0.39 is 0 Å². The maximum Gasteiger partial charge on any atom is 0.251 e. The van der Waals surface area contributed by atoms with E-state index in [-0.39, 0.29) is 11.9 Å². The van der Waals surface area contributed by atoms with Crippen LogP contribution in [-0.4, -0.2) is 22.1 Å². The molecule has 0 spiro atoms. The fourth-order valence-corrected chi connectivity index (χ4v) is 4.10. The van der Waals surface area contributed by atoms with Gasteiger partial charge in [0.25, 0.3) is 5.91 Å². The lowest BCUT2D eigenvalue weighted by Gasteiger charge is -2.17. The number of rotatable bonds is 9. The van der Waals surface area contributed by atoms with Crippen LogP contribution in [0.2, 0.25) is 0 Å². The van der Waals surface area contributed by atoms with Crippen LogP contribution in [0.5, 0.6) is 5.75 Å². The number of aryl methyl sites for hydroxylation is 2. The van der Waals surface area contributed by atoms with Crippen LogP contribution in [0.4, 0.5) is 0 Å². The number of benzene rings is 3. The molecule has 0 radical (unpaired) electrons. The highest BCUT2D eigenvalue weighted by molar-refractivity contribution is 9.10. The Morgan fingerprint density at radius 2 is 1.79 bits per heavy atom. The van der Waals surface area contributed by atoms with E-state index in [0.717, 1.165) is 46.5 Å². The van der Waals surface area contributed by atoms with Crippen LogP contribution in [-0.2, 0) is 13.0 Å². The summed E-state index contributed by atoms with van der Waals surface area (Å²) in [6, 6.07) is 23.4. The number of ether oxygens (including phenoxy) is 1. The summed E-state index contributed by atoms with van der Waals surface area (Å²) < 4.78 is 9.07. The molecule has 4 rings (SSSR count). The van der Waals surface area contributed by atoms with Gasteiger partial charge in [0, 0.05) is 16.6 Å². The fourth-order valence-electron chi connectivity index (χ4n) is 3.84. The first-order chi connectivity index (χ1) is 16.0. The minimum atomic E-state index is -0.240. The quantitative estimate of drug-likeness (QED) is 0.270. The second kappa shape index (κ2) is 10.7. The number of amides is 1. The first kappa shape index (κ1) is 23.1. The van der Waals surface area contributed by atoms with Crippen LogP contribution in [0.25, 0.3) is 11.0 Å². The van der Waals surface area contributed by atoms with E-state index in [1.807, 2.05) is 49.4 Å². The second-order valence-corrected chi connectivity index (χ2v) is 8.93. The van der Waals surface area contributed by atoms with E-state index in [4.69, 9.17) is 9.72 Å². The summed E-state index contributed by atoms with van der Waals surface area (Å²) in [7, 11) is 0. The van der Waals surface area contributed by atoms with Gasteiger partial charge in [-0.2, -0.15) is 0 Å². The molecule has 1 aromatic heterocycles. The highest BCUT2D eigenvalue weighted by atomic mass is 79.9. The zero-order valence-corrected chi connectivity index (χ0v) is 20.5. The van der Waals surface area contributed by atoms with Gasteiger partial charge in [-0.15, -0.1) is 0 Å². The number of carbonyl (C=O) groups excluding carboxylic acids is 1. The van der Waals surface area contributed by atoms with E-state index in [1.54, 1.807) is 12.1 Å². The molecule has 0 aliphatic heterocycles. The lowest BCUT2D eigenvalue weighted by molar-refractivity contribution is 0.0937. The van der Waals surface area contributed by atoms with Crippen LogP contribution in [0.15, 0.2) is 77.3 Å². The standard InChI is InChI=1S/C27H28BrN3O2/c1-3-20-9-15-23(16-10-20)33-18-6-17-31-25-8-5-4-7-24(25)30-26(31)19(2)29-27(32)21-11-13-22(28)14-12-21/h4-5,7-16,19H,3,6,17-18H2,1-2H3,(H,29,32). The molecule has 170 valence electrons. The molecule has 0 bridgehead atoms. The van der Waals surface area contributed by atoms with Crippen molar-refractivity contribution in [3.05, 3.63) is 94.2 Å². The largest absolute Gasteiger partial charge is 0.494 e. The second-order valence-electron chi connectivity index (χ2n) is 8.01. The van der Waals surface area contributed by atoms with Crippen molar-refractivity contribution in [2.45, 2.75) is 39.3 Å². The molecule has 33 heavy (non-hydrogen) atoms. The monoisotopic (exact) mass is 505 g/mol. The smallest absolute Gasteiger partial charge is 0.251 e. The predicted molar refractivity (Wildman–Crippen MR) is 136 cm³/mol. The molecule has 1 atom stereocenters. The summed E-state index contributed by atoms with van der Waals surface area (Å²) >= 11 is 3.41. The summed E-state index contributed by atoms with van der Waals surface area (Å²) in [6.07, 6.45) is 1.85. The number of halogens is 1. The van der Waals surface area contributed by atoms with E-state index >= 15 is 0 Å². The lowest BCUT2D eigenvalue weighted by Crippen LogP contribution is -2.28. The molecule has 1 N–H and O–H groups in total. The Hall–Kier alpha value is -3.12. The third-order valence-corrected chi connectivity index (χ3v) is 6.18. The molecular formula is C27H28BrN3O2. The Labute approximate surface area is 202 Å². The molecule has 5 nitrogen and oxygen atoms in total. The van der Waals surface area contributed by atoms with Crippen molar-refractivity contribution in [3.63, 3.8) is 0 Å². The molecule has 0 aliphatic rings. The van der Waals surface area contributed by atoms with Crippen molar-refractivity contribution in [1.29, 1.82) is 0 Å². The topological polar surface area (TPSA) is 56.1 Å². The van der Waals surface area contributed by atoms with Crippen LogP contribution in [0.3, 0.4) is 0 Å². The molecule has 0 saturated heterocycles. The van der Waals surface area contributed by atoms with Crippen molar-refractivity contribution in [2.75, 3.05) is 6.61 Å².